The van der Waals surface area contributed by atoms with Crippen LogP contribution in [0.5, 0.6) is 0 Å². The first-order chi connectivity index (χ1) is 14.7. The fraction of sp³-hybridized carbons (Fsp3) is 0.409. The minimum absolute atomic E-state index is 0.0894. The van der Waals surface area contributed by atoms with Crippen LogP contribution in [0.25, 0.3) is 0 Å². The molecule has 166 valence electrons. The zero-order valence-electron chi connectivity index (χ0n) is 16.5. The second-order valence-corrected chi connectivity index (χ2v) is 7.76. The highest BCUT2D eigenvalue weighted by Gasteiger charge is 2.43. The maximum atomic E-state index is 13.5. The number of rotatable bonds is 3. The van der Waals surface area contributed by atoms with E-state index in [1.165, 1.54) is 12.1 Å². The highest BCUT2D eigenvalue weighted by Crippen LogP contribution is 2.36. The molecular weight excluding hydrogens is 416 g/mol. The number of nitrogens with zero attached hydrogens (tertiary/aromatic N) is 1. The number of amides is 1. The SMILES string of the molecule is N[C@H]1C[C@H](C(=O)N2CCc3ccccc3[C@@H]2c2ccc(F)cc2)OC[C@@H]1OC(F)(F)F. The van der Waals surface area contributed by atoms with Crippen LogP contribution in [-0.2, 0) is 20.7 Å². The third kappa shape index (κ3) is 4.73. The lowest BCUT2D eigenvalue weighted by Gasteiger charge is -2.41. The van der Waals surface area contributed by atoms with Gasteiger partial charge in [0.25, 0.3) is 5.91 Å². The van der Waals surface area contributed by atoms with Crippen molar-refractivity contribution in [1.82, 2.24) is 4.90 Å². The van der Waals surface area contributed by atoms with Crippen LogP contribution in [0.3, 0.4) is 0 Å². The van der Waals surface area contributed by atoms with Crippen LogP contribution < -0.4 is 5.73 Å². The Morgan fingerprint density at radius 2 is 1.84 bits per heavy atom. The number of hydrogen-bond acceptors (Lipinski definition) is 4. The molecule has 2 aliphatic heterocycles. The lowest BCUT2D eigenvalue weighted by atomic mass is 9.87. The van der Waals surface area contributed by atoms with Gasteiger partial charge in [0.15, 0.2) is 0 Å². The van der Waals surface area contributed by atoms with Crippen LogP contribution in [0.4, 0.5) is 17.6 Å². The molecule has 2 N–H and O–H groups in total. The lowest BCUT2D eigenvalue weighted by Crippen LogP contribution is -2.55. The Labute approximate surface area is 176 Å². The monoisotopic (exact) mass is 438 g/mol. The normalized spacial score (nSPS) is 26.4. The Bertz CT molecular complexity index is 935. The summed E-state index contributed by atoms with van der Waals surface area (Å²) in [5.41, 5.74) is 8.61. The van der Waals surface area contributed by atoms with Crippen molar-refractivity contribution < 1.29 is 31.8 Å². The van der Waals surface area contributed by atoms with Gasteiger partial charge in [-0.2, -0.15) is 0 Å². The smallest absolute Gasteiger partial charge is 0.366 e. The summed E-state index contributed by atoms with van der Waals surface area (Å²) in [7, 11) is 0. The molecule has 1 amide bonds. The van der Waals surface area contributed by atoms with Crippen LogP contribution in [0.2, 0.25) is 0 Å². The number of hydrogen-bond donors (Lipinski definition) is 1. The van der Waals surface area contributed by atoms with Gasteiger partial charge in [0.05, 0.1) is 12.6 Å². The summed E-state index contributed by atoms with van der Waals surface area (Å²) in [5.74, 6) is -0.743. The standard InChI is InChI=1S/C22H22F4N2O3/c23-15-7-5-14(6-8-15)20-16-4-2-1-3-13(16)9-10-28(20)21(29)18-11-17(27)19(12-30-18)31-22(24,25)26/h1-8,17-20H,9-12,27H2/t17-,18+,19-,20-/m0/s1. The van der Waals surface area contributed by atoms with E-state index in [-0.39, 0.29) is 18.1 Å². The van der Waals surface area contributed by atoms with Crippen molar-refractivity contribution in [2.24, 2.45) is 5.73 Å². The number of nitrogens with two attached hydrogens (primary N) is 1. The van der Waals surface area contributed by atoms with Gasteiger partial charge in [-0.05, 0) is 35.2 Å². The zero-order chi connectivity index (χ0) is 22.2. The molecule has 0 aliphatic carbocycles. The van der Waals surface area contributed by atoms with Gasteiger partial charge in [-0.3, -0.25) is 9.53 Å². The highest BCUT2D eigenvalue weighted by atomic mass is 19.4. The molecule has 2 aromatic rings. The molecule has 1 saturated heterocycles. The summed E-state index contributed by atoms with van der Waals surface area (Å²) in [5, 5.41) is 0. The van der Waals surface area contributed by atoms with Gasteiger partial charge in [0.1, 0.15) is 18.0 Å². The predicted molar refractivity (Wildman–Crippen MR) is 103 cm³/mol. The van der Waals surface area contributed by atoms with Gasteiger partial charge in [-0.15, -0.1) is 13.2 Å². The molecule has 0 unspecified atom stereocenters. The molecule has 0 bridgehead atoms. The van der Waals surface area contributed by atoms with Crippen molar-refractivity contribution in [3.8, 4) is 0 Å². The van der Waals surface area contributed by atoms with E-state index >= 15 is 0 Å². The first kappa shape index (κ1) is 21.7. The first-order valence-electron chi connectivity index (χ1n) is 9.98. The molecule has 5 nitrogen and oxygen atoms in total. The molecule has 4 atom stereocenters. The fourth-order valence-electron chi connectivity index (χ4n) is 4.26. The Balaban J connectivity index is 1.57. The van der Waals surface area contributed by atoms with Gasteiger partial charge < -0.3 is 15.4 Å². The van der Waals surface area contributed by atoms with E-state index in [0.717, 1.165) is 16.7 Å². The van der Waals surface area contributed by atoms with Gasteiger partial charge in [0.2, 0.25) is 0 Å². The summed E-state index contributed by atoms with van der Waals surface area (Å²) < 4.78 is 60.5. The van der Waals surface area contributed by atoms with Gasteiger partial charge in [-0.1, -0.05) is 36.4 Å². The molecule has 31 heavy (non-hydrogen) atoms. The zero-order valence-corrected chi connectivity index (χ0v) is 16.5. The molecule has 2 heterocycles. The summed E-state index contributed by atoms with van der Waals surface area (Å²) in [6.45, 7) is -0.0296. The number of alkyl halides is 3. The number of benzene rings is 2. The average Bonchev–Trinajstić information content (AvgIpc) is 2.73. The second-order valence-electron chi connectivity index (χ2n) is 7.76. The fourth-order valence-corrected chi connectivity index (χ4v) is 4.26. The minimum Gasteiger partial charge on any atom is -0.366 e. The molecule has 2 aliphatic rings. The summed E-state index contributed by atoms with van der Waals surface area (Å²) in [6.07, 6.45) is -6.63. The summed E-state index contributed by atoms with van der Waals surface area (Å²) >= 11 is 0. The molecule has 0 spiro atoms. The van der Waals surface area contributed by atoms with E-state index in [9.17, 15) is 22.4 Å². The lowest BCUT2D eigenvalue weighted by molar-refractivity contribution is -0.353. The molecule has 4 rings (SSSR count). The second kappa shape index (κ2) is 8.57. The van der Waals surface area contributed by atoms with E-state index in [0.29, 0.717) is 13.0 Å². The van der Waals surface area contributed by atoms with E-state index in [1.807, 2.05) is 24.3 Å². The maximum Gasteiger partial charge on any atom is 0.522 e. The minimum atomic E-state index is -4.83. The van der Waals surface area contributed by atoms with Crippen molar-refractivity contribution in [3.63, 3.8) is 0 Å². The molecule has 0 radical (unpaired) electrons. The Morgan fingerprint density at radius 1 is 1.13 bits per heavy atom. The molecule has 2 aromatic carbocycles. The largest absolute Gasteiger partial charge is 0.522 e. The Hall–Kier alpha value is -2.49. The van der Waals surface area contributed by atoms with Crippen molar-refractivity contribution >= 4 is 5.91 Å². The number of halogens is 4. The molecular formula is C22H22F4N2O3. The average molecular weight is 438 g/mol. The predicted octanol–water partition coefficient (Wildman–Crippen LogP) is 3.32. The molecule has 0 aromatic heterocycles. The first-order valence-corrected chi connectivity index (χ1v) is 9.98. The maximum absolute atomic E-state index is 13.5. The van der Waals surface area contributed by atoms with Crippen molar-refractivity contribution in [2.75, 3.05) is 13.2 Å². The topological polar surface area (TPSA) is 64.8 Å². The van der Waals surface area contributed by atoms with Crippen LogP contribution in [0.1, 0.15) is 29.2 Å². The highest BCUT2D eigenvalue weighted by molar-refractivity contribution is 5.82. The summed E-state index contributed by atoms with van der Waals surface area (Å²) in [4.78, 5) is 15.0. The van der Waals surface area contributed by atoms with Crippen molar-refractivity contribution in [1.29, 1.82) is 0 Å². The Kier molecular flexibility index (Phi) is 6.00. The molecule has 0 saturated carbocycles. The van der Waals surface area contributed by atoms with E-state index in [1.54, 1.807) is 17.0 Å². The van der Waals surface area contributed by atoms with Gasteiger partial charge in [0, 0.05) is 19.0 Å². The number of carbonyl (C=O) groups is 1. The van der Waals surface area contributed by atoms with Gasteiger partial charge in [-0.25, -0.2) is 4.39 Å². The van der Waals surface area contributed by atoms with Crippen LogP contribution in [0.15, 0.2) is 48.5 Å². The molecule has 9 heteroatoms. The van der Waals surface area contributed by atoms with Gasteiger partial charge >= 0.3 is 6.36 Å². The number of carbonyl (C=O) groups excluding carboxylic acids is 1. The third-order valence-electron chi connectivity index (χ3n) is 5.74. The van der Waals surface area contributed by atoms with Crippen molar-refractivity contribution in [2.45, 2.75) is 43.5 Å². The van der Waals surface area contributed by atoms with Crippen LogP contribution in [-0.4, -0.2) is 48.6 Å². The quantitative estimate of drug-likeness (QED) is 0.747. The van der Waals surface area contributed by atoms with Crippen molar-refractivity contribution in [3.05, 3.63) is 71.0 Å². The van der Waals surface area contributed by atoms with E-state index in [4.69, 9.17) is 10.5 Å². The number of fused-ring (bicyclic) bond motifs is 1. The Morgan fingerprint density at radius 3 is 2.52 bits per heavy atom. The summed E-state index contributed by atoms with van der Waals surface area (Å²) in [6, 6.07) is 12.2. The van der Waals surface area contributed by atoms with Crippen LogP contribution >= 0.6 is 0 Å². The van der Waals surface area contributed by atoms with Crippen LogP contribution in [0, 0.1) is 5.82 Å². The third-order valence-corrected chi connectivity index (χ3v) is 5.74. The number of ether oxygens (including phenoxy) is 2. The van der Waals surface area contributed by atoms with E-state index in [2.05, 4.69) is 4.74 Å². The molecule has 1 fully saturated rings. The van der Waals surface area contributed by atoms with E-state index < -0.39 is 37.3 Å².